The molecule has 0 spiro atoms. The van der Waals surface area contributed by atoms with E-state index in [4.69, 9.17) is 0 Å². The fourth-order valence-corrected chi connectivity index (χ4v) is 1.13. The SMILES string of the molecule is CCCN(CC(=O)OC)C(=O)C(C)(C)O. The summed E-state index contributed by atoms with van der Waals surface area (Å²) in [7, 11) is 1.26. The summed E-state index contributed by atoms with van der Waals surface area (Å²) >= 11 is 0. The van der Waals surface area contributed by atoms with Crippen LogP contribution >= 0.6 is 0 Å². The molecule has 0 aromatic carbocycles. The van der Waals surface area contributed by atoms with Gasteiger partial charge in [0.2, 0.25) is 0 Å². The molecule has 0 aromatic rings. The molecule has 0 heterocycles. The van der Waals surface area contributed by atoms with E-state index >= 15 is 0 Å². The Bertz CT molecular complexity index is 232. The van der Waals surface area contributed by atoms with Gasteiger partial charge >= 0.3 is 5.97 Å². The van der Waals surface area contributed by atoms with Crippen LogP contribution in [-0.2, 0) is 14.3 Å². The zero-order valence-electron chi connectivity index (χ0n) is 9.74. The van der Waals surface area contributed by atoms with Crippen LogP contribution in [0.3, 0.4) is 0 Å². The van der Waals surface area contributed by atoms with Crippen LogP contribution in [0, 0.1) is 0 Å². The monoisotopic (exact) mass is 217 g/mol. The second kappa shape index (κ2) is 5.70. The molecule has 1 N–H and O–H groups in total. The summed E-state index contributed by atoms with van der Waals surface area (Å²) in [6.45, 7) is 5.00. The van der Waals surface area contributed by atoms with Crippen molar-refractivity contribution in [2.45, 2.75) is 32.8 Å². The van der Waals surface area contributed by atoms with Crippen LogP contribution in [0.2, 0.25) is 0 Å². The molecular weight excluding hydrogens is 198 g/mol. The first kappa shape index (κ1) is 13.9. The number of rotatable bonds is 5. The van der Waals surface area contributed by atoms with E-state index in [-0.39, 0.29) is 6.54 Å². The number of nitrogens with zero attached hydrogens (tertiary/aromatic N) is 1. The molecular formula is C10H19NO4. The number of hydrogen-bond acceptors (Lipinski definition) is 4. The Morgan fingerprint density at radius 3 is 2.27 bits per heavy atom. The van der Waals surface area contributed by atoms with Crippen LogP contribution in [0.25, 0.3) is 0 Å². The minimum atomic E-state index is -1.46. The van der Waals surface area contributed by atoms with Crippen LogP contribution in [0.15, 0.2) is 0 Å². The van der Waals surface area contributed by atoms with Gasteiger partial charge in [-0.1, -0.05) is 6.92 Å². The highest BCUT2D eigenvalue weighted by Crippen LogP contribution is 2.08. The largest absolute Gasteiger partial charge is 0.468 e. The Kier molecular flexibility index (Phi) is 5.28. The number of ether oxygens (including phenoxy) is 1. The first-order valence-electron chi connectivity index (χ1n) is 4.91. The quantitative estimate of drug-likeness (QED) is 0.666. The third kappa shape index (κ3) is 4.78. The molecule has 5 heteroatoms. The molecule has 88 valence electrons. The molecule has 0 bridgehead atoms. The Labute approximate surface area is 90.0 Å². The average molecular weight is 217 g/mol. The van der Waals surface area contributed by atoms with E-state index in [1.165, 1.54) is 25.9 Å². The van der Waals surface area contributed by atoms with Crippen LogP contribution in [-0.4, -0.2) is 47.7 Å². The Hall–Kier alpha value is -1.10. The molecule has 15 heavy (non-hydrogen) atoms. The third-order valence-electron chi connectivity index (χ3n) is 1.85. The molecule has 1 amide bonds. The molecule has 0 rings (SSSR count). The zero-order valence-corrected chi connectivity index (χ0v) is 9.74. The summed E-state index contributed by atoms with van der Waals surface area (Å²) in [4.78, 5) is 24.0. The fourth-order valence-electron chi connectivity index (χ4n) is 1.13. The van der Waals surface area contributed by atoms with Gasteiger partial charge in [0.15, 0.2) is 0 Å². The number of amides is 1. The topological polar surface area (TPSA) is 66.8 Å². The zero-order chi connectivity index (χ0) is 12.1. The minimum absolute atomic E-state index is 0.118. The van der Waals surface area contributed by atoms with Gasteiger partial charge in [-0.05, 0) is 20.3 Å². The standard InChI is InChI=1S/C10H19NO4/c1-5-6-11(7-8(12)15-4)9(13)10(2,3)14/h14H,5-7H2,1-4H3. The average Bonchev–Trinajstić information content (AvgIpc) is 2.14. The van der Waals surface area contributed by atoms with Crippen molar-refractivity contribution in [3.05, 3.63) is 0 Å². The highest BCUT2D eigenvalue weighted by molar-refractivity contribution is 5.87. The molecule has 0 saturated carbocycles. The third-order valence-corrected chi connectivity index (χ3v) is 1.85. The smallest absolute Gasteiger partial charge is 0.325 e. The first-order chi connectivity index (χ1) is 6.82. The number of esters is 1. The highest BCUT2D eigenvalue weighted by atomic mass is 16.5. The van der Waals surface area contributed by atoms with E-state index < -0.39 is 17.5 Å². The molecule has 0 fully saturated rings. The van der Waals surface area contributed by atoms with Crippen molar-refractivity contribution in [2.24, 2.45) is 0 Å². The lowest BCUT2D eigenvalue weighted by molar-refractivity contribution is -0.154. The van der Waals surface area contributed by atoms with E-state index in [0.717, 1.165) is 6.42 Å². The van der Waals surface area contributed by atoms with Gasteiger partial charge in [-0.25, -0.2) is 0 Å². The second-order valence-corrected chi connectivity index (χ2v) is 3.86. The second-order valence-electron chi connectivity index (χ2n) is 3.86. The van der Waals surface area contributed by atoms with E-state index in [1.807, 2.05) is 6.92 Å². The maximum absolute atomic E-state index is 11.7. The van der Waals surface area contributed by atoms with E-state index in [0.29, 0.717) is 6.54 Å². The van der Waals surface area contributed by atoms with Crippen molar-refractivity contribution < 1.29 is 19.4 Å². The number of carbonyl (C=O) groups is 2. The lowest BCUT2D eigenvalue weighted by Gasteiger charge is -2.27. The summed E-state index contributed by atoms with van der Waals surface area (Å²) in [5.74, 6) is -0.948. The summed E-state index contributed by atoms with van der Waals surface area (Å²) in [6.07, 6.45) is 0.721. The Balaban J connectivity index is 4.52. The van der Waals surface area contributed by atoms with Gasteiger partial charge in [-0.3, -0.25) is 9.59 Å². The predicted octanol–water partition coefficient (Wildman–Crippen LogP) is 0.169. The van der Waals surface area contributed by atoms with Gasteiger partial charge in [-0.15, -0.1) is 0 Å². The number of carbonyl (C=O) groups excluding carboxylic acids is 2. The molecule has 0 atom stereocenters. The Morgan fingerprint density at radius 2 is 1.93 bits per heavy atom. The maximum atomic E-state index is 11.7. The van der Waals surface area contributed by atoms with Crippen molar-refractivity contribution >= 4 is 11.9 Å². The normalized spacial score (nSPS) is 11.0. The molecule has 0 aromatic heterocycles. The summed E-state index contributed by atoms with van der Waals surface area (Å²) in [5.41, 5.74) is -1.46. The van der Waals surface area contributed by atoms with Crippen molar-refractivity contribution in [1.29, 1.82) is 0 Å². The van der Waals surface area contributed by atoms with Crippen molar-refractivity contribution in [3.63, 3.8) is 0 Å². The summed E-state index contributed by atoms with van der Waals surface area (Å²) < 4.78 is 4.48. The lowest BCUT2D eigenvalue weighted by Crippen LogP contribution is -2.47. The summed E-state index contributed by atoms with van der Waals surface area (Å²) in [5, 5.41) is 9.53. The van der Waals surface area contributed by atoms with Crippen molar-refractivity contribution in [3.8, 4) is 0 Å². The minimum Gasteiger partial charge on any atom is -0.468 e. The fraction of sp³-hybridized carbons (Fsp3) is 0.800. The molecule has 0 radical (unpaired) electrons. The maximum Gasteiger partial charge on any atom is 0.325 e. The predicted molar refractivity (Wildman–Crippen MR) is 55.2 cm³/mol. The van der Waals surface area contributed by atoms with Crippen LogP contribution in [0.4, 0.5) is 0 Å². The molecule has 0 aliphatic rings. The number of aliphatic hydroxyl groups is 1. The molecule has 0 aliphatic carbocycles. The van der Waals surface area contributed by atoms with Gasteiger partial charge in [0.05, 0.1) is 7.11 Å². The lowest BCUT2D eigenvalue weighted by atomic mass is 10.1. The van der Waals surface area contributed by atoms with Gasteiger partial charge in [0.25, 0.3) is 5.91 Å². The van der Waals surface area contributed by atoms with Crippen molar-refractivity contribution in [1.82, 2.24) is 4.90 Å². The van der Waals surface area contributed by atoms with Gasteiger partial charge in [0.1, 0.15) is 12.1 Å². The molecule has 5 nitrogen and oxygen atoms in total. The van der Waals surface area contributed by atoms with Crippen LogP contribution in [0.5, 0.6) is 0 Å². The van der Waals surface area contributed by atoms with Gasteiger partial charge < -0.3 is 14.7 Å². The van der Waals surface area contributed by atoms with E-state index in [9.17, 15) is 14.7 Å². The van der Waals surface area contributed by atoms with Gasteiger partial charge in [0, 0.05) is 6.54 Å². The first-order valence-corrected chi connectivity index (χ1v) is 4.91. The molecule has 0 aliphatic heterocycles. The number of methoxy groups -OCH3 is 1. The van der Waals surface area contributed by atoms with Crippen LogP contribution < -0.4 is 0 Å². The molecule has 0 unspecified atom stereocenters. The van der Waals surface area contributed by atoms with E-state index in [1.54, 1.807) is 0 Å². The highest BCUT2D eigenvalue weighted by Gasteiger charge is 2.30. The van der Waals surface area contributed by atoms with Gasteiger partial charge in [-0.2, -0.15) is 0 Å². The van der Waals surface area contributed by atoms with E-state index in [2.05, 4.69) is 4.74 Å². The molecule has 0 saturated heterocycles. The number of hydrogen-bond donors (Lipinski definition) is 1. The summed E-state index contributed by atoms with van der Waals surface area (Å²) in [6, 6.07) is 0. The van der Waals surface area contributed by atoms with Crippen molar-refractivity contribution in [2.75, 3.05) is 20.2 Å². The van der Waals surface area contributed by atoms with Crippen LogP contribution in [0.1, 0.15) is 27.2 Å². The Morgan fingerprint density at radius 1 is 1.40 bits per heavy atom.